The van der Waals surface area contributed by atoms with E-state index in [1.54, 1.807) is 36.4 Å². The van der Waals surface area contributed by atoms with Crippen molar-refractivity contribution in [3.63, 3.8) is 0 Å². The van der Waals surface area contributed by atoms with Gasteiger partial charge in [0.25, 0.3) is 0 Å². The summed E-state index contributed by atoms with van der Waals surface area (Å²) in [7, 11) is 1.48. The molecular formula is C21H24FN3O4. The lowest BCUT2D eigenvalue weighted by Gasteiger charge is -2.11. The number of nitrogens with zero attached hydrogens (tertiary/aromatic N) is 1. The van der Waals surface area contributed by atoms with E-state index in [9.17, 15) is 14.0 Å². The Bertz CT molecular complexity index is 871. The fraction of sp³-hybridized carbons (Fsp3) is 0.286. The molecule has 0 saturated carbocycles. The van der Waals surface area contributed by atoms with Gasteiger partial charge in [0.05, 0.1) is 13.3 Å². The third kappa shape index (κ3) is 6.91. The molecule has 29 heavy (non-hydrogen) atoms. The highest BCUT2D eigenvalue weighted by Gasteiger charge is 2.11. The minimum atomic E-state index is -0.839. The van der Waals surface area contributed by atoms with Gasteiger partial charge in [0.1, 0.15) is 12.4 Å². The Morgan fingerprint density at radius 3 is 2.66 bits per heavy atom. The Morgan fingerprint density at radius 1 is 1.14 bits per heavy atom. The van der Waals surface area contributed by atoms with E-state index in [2.05, 4.69) is 15.8 Å². The molecule has 8 heteroatoms. The maximum Gasteiger partial charge on any atom is 0.329 e. The second-order valence-corrected chi connectivity index (χ2v) is 6.10. The van der Waals surface area contributed by atoms with Gasteiger partial charge >= 0.3 is 11.8 Å². The van der Waals surface area contributed by atoms with Crippen LogP contribution in [0.25, 0.3) is 0 Å². The summed E-state index contributed by atoms with van der Waals surface area (Å²) in [5.41, 5.74) is 3.22. The number of carbonyl (C=O) groups excluding carboxylic acids is 2. The summed E-state index contributed by atoms with van der Waals surface area (Å²) < 4.78 is 24.6. The molecule has 0 bridgehead atoms. The van der Waals surface area contributed by atoms with E-state index in [4.69, 9.17) is 9.47 Å². The maximum absolute atomic E-state index is 13.7. The zero-order valence-electron chi connectivity index (χ0n) is 16.4. The van der Waals surface area contributed by atoms with Crippen molar-refractivity contribution >= 4 is 18.0 Å². The fourth-order valence-corrected chi connectivity index (χ4v) is 2.33. The normalized spacial score (nSPS) is 10.6. The molecule has 0 saturated heterocycles. The minimum absolute atomic E-state index is 0.0552. The molecule has 2 amide bonds. The Balaban J connectivity index is 1.93. The van der Waals surface area contributed by atoms with E-state index in [0.717, 1.165) is 12.8 Å². The fourth-order valence-electron chi connectivity index (χ4n) is 2.33. The van der Waals surface area contributed by atoms with Gasteiger partial charge in [-0.25, -0.2) is 9.82 Å². The molecule has 7 nitrogen and oxygen atoms in total. The van der Waals surface area contributed by atoms with Gasteiger partial charge in [-0.15, -0.1) is 0 Å². The molecule has 0 heterocycles. The van der Waals surface area contributed by atoms with Crippen LogP contribution < -0.4 is 20.2 Å². The van der Waals surface area contributed by atoms with E-state index in [-0.39, 0.29) is 12.4 Å². The number of nitrogens with one attached hydrogen (secondary N) is 2. The Labute approximate surface area is 168 Å². The topological polar surface area (TPSA) is 89.0 Å². The molecule has 0 spiro atoms. The second kappa shape index (κ2) is 11.4. The number of hydrogen-bond donors (Lipinski definition) is 2. The molecule has 154 valence electrons. The predicted octanol–water partition coefficient (Wildman–Crippen LogP) is 2.78. The molecule has 0 radical (unpaired) electrons. The van der Waals surface area contributed by atoms with Gasteiger partial charge in [0.15, 0.2) is 11.5 Å². The third-order valence-electron chi connectivity index (χ3n) is 3.93. The molecule has 0 unspecified atom stereocenters. The van der Waals surface area contributed by atoms with Crippen molar-refractivity contribution in [2.45, 2.75) is 26.4 Å². The zero-order chi connectivity index (χ0) is 21.1. The van der Waals surface area contributed by atoms with Crippen LogP contribution in [0.5, 0.6) is 11.5 Å². The van der Waals surface area contributed by atoms with Crippen molar-refractivity contribution in [2.75, 3.05) is 13.7 Å². The van der Waals surface area contributed by atoms with Gasteiger partial charge in [-0.3, -0.25) is 9.59 Å². The summed E-state index contributed by atoms with van der Waals surface area (Å²) in [6, 6.07) is 11.3. The number of ether oxygens (including phenoxy) is 2. The minimum Gasteiger partial charge on any atom is -0.493 e. The lowest BCUT2D eigenvalue weighted by molar-refractivity contribution is -0.139. The van der Waals surface area contributed by atoms with Crippen LogP contribution in [0.4, 0.5) is 4.39 Å². The first kappa shape index (κ1) is 21.9. The quantitative estimate of drug-likeness (QED) is 0.293. The number of halogens is 1. The van der Waals surface area contributed by atoms with E-state index in [0.29, 0.717) is 29.2 Å². The third-order valence-corrected chi connectivity index (χ3v) is 3.93. The highest BCUT2D eigenvalue weighted by molar-refractivity contribution is 6.35. The van der Waals surface area contributed by atoms with Gasteiger partial charge < -0.3 is 14.8 Å². The Hall–Kier alpha value is -3.42. The number of hydrogen-bond acceptors (Lipinski definition) is 5. The average molecular weight is 401 g/mol. The van der Waals surface area contributed by atoms with Crippen molar-refractivity contribution < 1.29 is 23.5 Å². The summed E-state index contributed by atoms with van der Waals surface area (Å²) >= 11 is 0. The lowest BCUT2D eigenvalue weighted by atomic mass is 10.2. The molecule has 2 rings (SSSR count). The van der Waals surface area contributed by atoms with Crippen molar-refractivity contribution in [1.82, 2.24) is 10.7 Å². The van der Waals surface area contributed by atoms with E-state index in [1.165, 1.54) is 19.4 Å². The largest absolute Gasteiger partial charge is 0.493 e. The lowest BCUT2D eigenvalue weighted by Crippen LogP contribution is -2.38. The van der Waals surface area contributed by atoms with Gasteiger partial charge in [-0.1, -0.05) is 31.5 Å². The summed E-state index contributed by atoms with van der Waals surface area (Å²) in [6.45, 7) is 2.48. The highest BCUT2D eigenvalue weighted by Crippen LogP contribution is 2.28. The second-order valence-electron chi connectivity index (χ2n) is 6.10. The molecule has 2 aromatic rings. The number of rotatable bonds is 9. The Morgan fingerprint density at radius 2 is 1.93 bits per heavy atom. The number of hydrazone groups is 1. The van der Waals surface area contributed by atoms with Gasteiger partial charge in [-0.2, -0.15) is 5.10 Å². The number of amides is 2. The van der Waals surface area contributed by atoms with Crippen molar-refractivity contribution in [2.24, 2.45) is 5.10 Å². The number of carbonyl (C=O) groups is 2. The average Bonchev–Trinajstić information content (AvgIpc) is 2.73. The molecule has 2 N–H and O–H groups in total. The molecular weight excluding hydrogens is 377 g/mol. The van der Waals surface area contributed by atoms with Crippen LogP contribution in [0.3, 0.4) is 0 Å². The molecule has 0 atom stereocenters. The standard InChI is InChI=1S/C21H24FN3O4/c1-3-4-11-23-20(26)21(27)25-24-13-15-9-10-18(19(12-15)28-2)29-14-16-7-5-6-8-17(16)22/h5-10,12-13H,3-4,11,14H2,1-2H3,(H,23,26)(H,25,27)/b24-13-. The van der Waals surface area contributed by atoms with Crippen LogP contribution in [-0.2, 0) is 16.2 Å². The first-order chi connectivity index (χ1) is 14.0. The number of unbranched alkanes of at least 4 members (excludes halogenated alkanes) is 1. The van der Waals surface area contributed by atoms with Gasteiger partial charge in [0.2, 0.25) is 0 Å². The van der Waals surface area contributed by atoms with Crippen LogP contribution in [0.2, 0.25) is 0 Å². The summed E-state index contributed by atoms with van der Waals surface area (Å²) in [5, 5.41) is 6.27. The molecule has 0 aliphatic rings. The van der Waals surface area contributed by atoms with Crippen LogP contribution in [0.1, 0.15) is 30.9 Å². The highest BCUT2D eigenvalue weighted by atomic mass is 19.1. The molecule has 0 fully saturated rings. The molecule has 0 aliphatic carbocycles. The van der Waals surface area contributed by atoms with Crippen molar-refractivity contribution in [1.29, 1.82) is 0 Å². The molecule has 0 aliphatic heterocycles. The summed E-state index contributed by atoms with van der Waals surface area (Å²) in [6.07, 6.45) is 3.09. The summed E-state index contributed by atoms with van der Waals surface area (Å²) in [5.74, 6) is -1.05. The number of benzene rings is 2. The van der Waals surface area contributed by atoms with E-state index < -0.39 is 11.8 Å². The van der Waals surface area contributed by atoms with Gasteiger partial charge in [0, 0.05) is 12.1 Å². The first-order valence-corrected chi connectivity index (χ1v) is 9.20. The van der Waals surface area contributed by atoms with E-state index in [1.807, 2.05) is 6.92 Å². The zero-order valence-corrected chi connectivity index (χ0v) is 16.4. The van der Waals surface area contributed by atoms with Crippen LogP contribution in [0.15, 0.2) is 47.6 Å². The SMILES string of the molecule is CCCCNC(=O)C(=O)N/N=C\c1ccc(OCc2ccccc2F)c(OC)c1. The summed E-state index contributed by atoms with van der Waals surface area (Å²) in [4.78, 5) is 23.2. The molecule has 2 aromatic carbocycles. The first-order valence-electron chi connectivity index (χ1n) is 9.20. The van der Waals surface area contributed by atoms with Gasteiger partial charge in [-0.05, 0) is 36.2 Å². The Kier molecular flexibility index (Phi) is 8.62. The monoisotopic (exact) mass is 401 g/mol. The number of methoxy groups -OCH3 is 1. The van der Waals surface area contributed by atoms with Crippen molar-refractivity contribution in [3.05, 3.63) is 59.4 Å². The predicted molar refractivity (Wildman–Crippen MR) is 107 cm³/mol. The van der Waals surface area contributed by atoms with Crippen molar-refractivity contribution in [3.8, 4) is 11.5 Å². The molecule has 0 aromatic heterocycles. The maximum atomic E-state index is 13.7. The van der Waals surface area contributed by atoms with Crippen LogP contribution in [0, 0.1) is 5.82 Å². The van der Waals surface area contributed by atoms with E-state index >= 15 is 0 Å². The smallest absolute Gasteiger partial charge is 0.329 e. The van der Waals surface area contributed by atoms with Crippen LogP contribution >= 0.6 is 0 Å². The van der Waals surface area contributed by atoms with Crippen LogP contribution in [-0.4, -0.2) is 31.7 Å².